The summed E-state index contributed by atoms with van der Waals surface area (Å²) in [4.78, 5) is 4.14. The molecule has 6 heteroatoms. The smallest absolute Gasteiger partial charge is 0.263 e. The van der Waals surface area contributed by atoms with Crippen molar-refractivity contribution in [3.63, 3.8) is 0 Å². The SMILES string of the molecule is Cc1ccc(NS(=O)(=O)c2ccc(CC#N)cc2)nc1. The number of aryl methyl sites for hydroxylation is 1. The molecule has 2 rings (SSSR count). The summed E-state index contributed by atoms with van der Waals surface area (Å²) in [6.07, 6.45) is 1.85. The van der Waals surface area contributed by atoms with Crippen molar-refractivity contribution in [1.29, 1.82) is 5.26 Å². The van der Waals surface area contributed by atoms with Crippen molar-refractivity contribution in [1.82, 2.24) is 4.98 Å². The number of hydrogen-bond donors (Lipinski definition) is 1. The summed E-state index contributed by atoms with van der Waals surface area (Å²) >= 11 is 0. The van der Waals surface area contributed by atoms with Crippen LogP contribution >= 0.6 is 0 Å². The van der Waals surface area contributed by atoms with Crippen molar-refractivity contribution in [2.75, 3.05) is 4.72 Å². The molecule has 0 aliphatic heterocycles. The third kappa shape index (κ3) is 3.33. The zero-order chi connectivity index (χ0) is 14.6. The van der Waals surface area contributed by atoms with Crippen LogP contribution in [0.15, 0.2) is 47.5 Å². The number of benzene rings is 1. The van der Waals surface area contributed by atoms with E-state index in [9.17, 15) is 8.42 Å². The largest absolute Gasteiger partial charge is 0.263 e. The number of nitriles is 1. The van der Waals surface area contributed by atoms with Crippen LogP contribution in [0.1, 0.15) is 11.1 Å². The Balaban J connectivity index is 2.22. The molecule has 20 heavy (non-hydrogen) atoms. The first-order valence-corrected chi connectivity index (χ1v) is 7.41. The molecule has 0 bridgehead atoms. The number of pyridine rings is 1. The maximum absolute atomic E-state index is 12.1. The monoisotopic (exact) mass is 287 g/mol. The molecule has 0 amide bonds. The summed E-state index contributed by atoms with van der Waals surface area (Å²) in [6.45, 7) is 1.87. The molecule has 0 aliphatic carbocycles. The second kappa shape index (κ2) is 5.72. The van der Waals surface area contributed by atoms with Crippen molar-refractivity contribution in [2.24, 2.45) is 0 Å². The summed E-state index contributed by atoms with van der Waals surface area (Å²) in [7, 11) is -3.65. The lowest BCUT2D eigenvalue weighted by molar-refractivity contribution is 0.601. The molecule has 0 saturated carbocycles. The maximum atomic E-state index is 12.1. The number of rotatable bonds is 4. The Morgan fingerprint density at radius 2 is 1.90 bits per heavy atom. The highest BCUT2D eigenvalue weighted by molar-refractivity contribution is 7.92. The highest BCUT2D eigenvalue weighted by Crippen LogP contribution is 2.15. The Hall–Kier alpha value is -2.39. The van der Waals surface area contributed by atoms with Gasteiger partial charge < -0.3 is 0 Å². The van der Waals surface area contributed by atoms with Crippen LogP contribution in [0.5, 0.6) is 0 Å². The van der Waals surface area contributed by atoms with Gasteiger partial charge in [-0.1, -0.05) is 18.2 Å². The van der Waals surface area contributed by atoms with Crippen LogP contribution in [0.3, 0.4) is 0 Å². The molecule has 0 fully saturated rings. The minimum atomic E-state index is -3.65. The molecule has 5 nitrogen and oxygen atoms in total. The second-order valence-corrected chi connectivity index (χ2v) is 5.99. The third-order valence-electron chi connectivity index (χ3n) is 2.67. The van der Waals surface area contributed by atoms with E-state index in [0.717, 1.165) is 11.1 Å². The minimum Gasteiger partial charge on any atom is -0.263 e. The average Bonchev–Trinajstić information content (AvgIpc) is 2.42. The highest BCUT2D eigenvalue weighted by atomic mass is 32.2. The molecule has 2 aromatic rings. The fourth-order valence-electron chi connectivity index (χ4n) is 1.60. The van der Waals surface area contributed by atoms with E-state index in [1.165, 1.54) is 12.1 Å². The molecule has 1 aromatic carbocycles. The van der Waals surface area contributed by atoms with Crippen LogP contribution < -0.4 is 4.72 Å². The standard InChI is InChI=1S/C14H13N3O2S/c1-11-2-7-14(16-10-11)17-20(18,19)13-5-3-12(4-6-13)8-9-15/h2-7,10H,8H2,1H3,(H,16,17). The van der Waals surface area contributed by atoms with Crippen molar-refractivity contribution < 1.29 is 8.42 Å². The normalized spacial score (nSPS) is 10.8. The number of hydrogen-bond acceptors (Lipinski definition) is 4. The van der Waals surface area contributed by atoms with Gasteiger partial charge in [-0.3, -0.25) is 4.72 Å². The van der Waals surface area contributed by atoms with Gasteiger partial charge >= 0.3 is 0 Å². The fraction of sp³-hybridized carbons (Fsp3) is 0.143. The van der Waals surface area contributed by atoms with Crippen LogP contribution in [0.25, 0.3) is 0 Å². The van der Waals surface area contributed by atoms with Crippen LogP contribution in [-0.2, 0) is 16.4 Å². The van der Waals surface area contributed by atoms with Gasteiger partial charge in [0.2, 0.25) is 0 Å². The van der Waals surface area contributed by atoms with Gasteiger partial charge in [0, 0.05) is 6.20 Å². The third-order valence-corrected chi connectivity index (χ3v) is 4.04. The number of aromatic nitrogens is 1. The first-order chi connectivity index (χ1) is 9.51. The lowest BCUT2D eigenvalue weighted by atomic mass is 10.2. The van der Waals surface area contributed by atoms with Crippen molar-refractivity contribution in [3.05, 3.63) is 53.7 Å². The van der Waals surface area contributed by atoms with Gasteiger partial charge in [-0.05, 0) is 36.2 Å². The zero-order valence-corrected chi connectivity index (χ0v) is 11.7. The van der Waals surface area contributed by atoms with Gasteiger partial charge in [-0.25, -0.2) is 13.4 Å². The molecule has 0 saturated heterocycles. The summed E-state index contributed by atoms with van der Waals surface area (Å²) in [5.74, 6) is 0.275. The molecule has 0 spiro atoms. The Morgan fingerprint density at radius 3 is 2.45 bits per heavy atom. The maximum Gasteiger partial charge on any atom is 0.263 e. The molecule has 0 unspecified atom stereocenters. The van der Waals surface area contributed by atoms with Crippen LogP contribution in [-0.4, -0.2) is 13.4 Å². The Kier molecular flexibility index (Phi) is 4.01. The Bertz CT molecular complexity index is 729. The second-order valence-electron chi connectivity index (χ2n) is 4.31. The Labute approximate surface area is 118 Å². The lowest BCUT2D eigenvalue weighted by Gasteiger charge is -2.07. The van der Waals surface area contributed by atoms with Crippen LogP contribution in [0.2, 0.25) is 0 Å². The predicted octanol–water partition coefficient (Wildman–Crippen LogP) is 2.26. The molecule has 1 heterocycles. The molecule has 1 N–H and O–H groups in total. The van der Waals surface area contributed by atoms with Gasteiger partial charge in [-0.2, -0.15) is 5.26 Å². The fourth-order valence-corrected chi connectivity index (χ4v) is 2.61. The van der Waals surface area contributed by atoms with E-state index in [4.69, 9.17) is 5.26 Å². The van der Waals surface area contributed by atoms with Gasteiger partial charge in [0.15, 0.2) is 0 Å². The van der Waals surface area contributed by atoms with Gasteiger partial charge in [0.05, 0.1) is 17.4 Å². The first kappa shape index (κ1) is 14.0. The minimum absolute atomic E-state index is 0.140. The number of nitrogens with one attached hydrogen (secondary N) is 1. The number of anilines is 1. The van der Waals surface area contributed by atoms with Gasteiger partial charge in [0.1, 0.15) is 5.82 Å². The van der Waals surface area contributed by atoms with E-state index >= 15 is 0 Å². The Morgan fingerprint density at radius 1 is 1.20 bits per heavy atom. The van der Waals surface area contributed by atoms with E-state index in [-0.39, 0.29) is 17.1 Å². The molecular formula is C14H13N3O2S. The molecule has 1 aromatic heterocycles. The van der Waals surface area contributed by atoms with Crippen LogP contribution in [0.4, 0.5) is 5.82 Å². The number of nitrogens with zero attached hydrogens (tertiary/aromatic N) is 2. The van der Waals surface area contributed by atoms with Crippen molar-refractivity contribution >= 4 is 15.8 Å². The number of sulfonamides is 1. The van der Waals surface area contributed by atoms with E-state index < -0.39 is 10.0 Å². The van der Waals surface area contributed by atoms with Gasteiger partial charge in [-0.15, -0.1) is 0 Å². The lowest BCUT2D eigenvalue weighted by Crippen LogP contribution is -2.13. The molecule has 0 atom stereocenters. The zero-order valence-electron chi connectivity index (χ0n) is 10.9. The quantitative estimate of drug-likeness (QED) is 0.935. The summed E-state index contributed by atoms with van der Waals surface area (Å²) in [5.41, 5.74) is 1.73. The summed E-state index contributed by atoms with van der Waals surface area (Å²) < 4.78 is 26.7. The molecular weight excluding hydrogens is 274 g/mol. The predicted molar refractivity (Wildman–Crippen MR) is 75.5 cm³/mol. The average molecular weight is 287 g/mol. The van der Waals surface area contributed by atoms with Crippen LogP contribution in [0, 0.1) is 18.3 Å². The van der Waals surface area contributed by atoms with E-state index in [1.807, 2.05) is 13.0 Å². The molecule has 0 aliphatic rings. The summed E-state index contributed by atoms with van der Waals surface area (Å²) in [6, 6.07) is 11.6. The van der Waals surface area contributed by atoms with E-state index in [0.29, 0.717) is 0 Å². The van der Waals surface area contributed by atoms with Gasteiger partial charge in [0.25, 0.3) is 10.0 Å². The van der Waals surface area contributed by atoms with E-state index in [1.54, 1.807) is 30.5 Å². The summed E-state index contributed by atoms with van der Waals surface area (Å²) in [5, 5.41) is 8.58. The topological polar surface area (TPSA) is 82.9 Å². The molecule has 0 radical (unpaired) electrons. The van der Waals surface area contributed by atoms with Crippen molar-refractivity contribution in [3.8, 4) is 6.07 Å². The van der Waals surface area contributed by atoms with E-state index in [2.05, 4.69) is 9.71 Å². The highest BCUT2D eigenvalue weighted by Gasteiger charge is 2.14. The molecule has 102 valence electrons. The first-order valence-electron chi connectivity index (χ1n) is 5.92. The van der Waals surface area contributed by atoms with Crippen molar-refractivity contribution in [2.45, 2.75) is 18.2 Å².